The van der Waals surface area contributed by atoms with Gasteiger partial charge in [0.25, 0.3) is 11.2 Å². The average Bonchev–Trinajstić information content (AvgIpc) is 3.19. The molecule has 7 nitrogen and oxygen atoms in total. The number of thiazole rings is 1. The Morgan fingerprint density at radius 3 is 2.69 bits per heavy atom. The molecular formula is C27H18ClN3O4S. The molecule has 36 heavy (non-hydrogen) atoms. The second kappa shape index (κ2) is 8.58. The first kappa shape index (κ1) is 22.5. The summed E-state index contributed by atoms with van der Waals surface area (Å²) in [5.74, 6) is -0.151. The molecule has 2 heterocycles. The molecule has 1 atom stereocenters. The van der Waals surface area contributed by atoms with Crippen LogP contribution < -0.4 is 14.9 Å². The number of nitro benzene ring substituents is 1. The number of aromatic hydroxyl groups is 1. The summed E-state index contributed by atoms with van der Waals surface area (Å²) >= 11 is 7.83. The molecule has 9 heteroatoms. The summed E-state index contributed by atoms with van der Waals surface area (Å²) in [7, 11) is 0. The highest BCUT2D eigenvalue weighted by Crippen LogP contribution is 2.42. The van der Waals surface area contributed by atoms with Crippen molar-refractivity contribution in [2.24, 2.45) is 4.99 Å². The number of rotatable bonds is 3. The van der Waals surface area contributed by atoms with E-state index in [1.54, 1.807) is 4.57 Å². The number of allylic oxidation sites excluding steroid dienone is 1. The maximum Gasteiger partial charge on any atom is 0.271 e. The fourth-order valence-electron chi connectivity index (χ4n) is 4.91. The third kappa shape index (κ3) is 3.57. The van der Waals surface area contributed by atoms with Gasteiger partial charge in [-0.1, -0.05) is 65.4 Å². The van der Waals surface area contributed by atoms with Gasteiger partial charge < -0.3 is 5.11 Å². The van der Waals surface area contributed by atoms with Crippen LogP contribution in [-0.4, -0.2) is 14.6 Å². The Balaban J connectivity index is 1.63. The zero-order chi connectivity index (χ0) is 25.0. The van der Waals surface area contributed by atoms with Gasteiger partial charge in [-0.2, -0.15) is 0 Å². The molecule has 0 amide bonds. The minimum Gasteiger partial charge on any atom is -0.507 e. The first-order valence-electron chi connectivity index (χ1n) is 11.3. The Labute approximate surface area is 213 Å². The van der Waals surface area contributed by atoms with E-state index in [-0.39, 0.29) is 22.6 Å². The van der Waals surface area contributed by atoms with Crippen molar-refractivity contribution < 1.29 is 10.0 Å². The molecule has 178 valence electrons. The van der Waals surface area contributed by atoms with E-state index < -0.39 is 11.0 Å². The van der Waals surface area contributed by atoms with E-state index in [4.69, 9.17) is 16.6 Å². The second-order valence-corrected chi connectivity index (χ2v) is 10.1. The third-order valence-electron chi connectivity index (χ3n) is 6.58. The Bertz CT molecular complexity index is 1790. The summed E-state index contributed by atoms with van der Waals surface area (Å²) in [4.78, 5) is 29.9. The van der Waals surface area contributed by atoms with Crippen molar-refractivity contribution in [1.29, 1.82) is 0 Å². The van der Waals surface area contributed by atoms with Gasteiger partial charge in [-0.25, -0.2) is 4.99 Å². The normalized spacial score (nSPS) is 16.7. The molecule has 0 saturated carbocycles. The average molecular weight is 516 g/mol. The number of halogens is 1. The minimum atomic E-state index is -0.540. The van der Waals surface area contributed by atoms with Gasteiger partial charge >= 0.3 is 0 Å². The molecular weight excluding hydrogens is 498 g/mol. The van der Waals surface area contributed by atoms with Gasteiger partial charge in [-0.3, -0.25) is 19.5 Å². The van der Waals surface area contributed by atoms with Gasteiger partial charge in [-0.05, 0) is 47.8 Å². The minimum absolute atomic E-state index is 0.151. The highest BCUT2D eigenvalue weighted by molar-refractivity contribution is 7.07. The van der Waals surface area contributed by atoms with Gasteiger partial charge in [0, 0.05) is 28.3 Å². The first-order valence-corrected chi connectivity index (χ1v) is 12.5. The molecule has 6 rings (SSSR count). The van der Waals surface area contributed by atoms with E-state index in [1.807, 2.05) is 42.5 Å². The van der Waals surface area contributed by atoms with Gasteiger partial charge in [0.2, 0.25) is 0 Å². The van der Waals surface area contributed by atoms with Crippen molar-refractivity contribution in [3.8, 4) is 5.75 Å². The molecule has 1 aliphatic carbocycles. The van der Waals surface area contributed by atoms with Crippen LogP contribution in [0.5, 0.6) is 5.75 Å². The van der Waals surface area contributed by atoms with Gasteiger partial charge in [0.05, 0.1) is 21.2 Å². The summed E-state index contributed by atoms with van der Waals surface area (Å²) in [6.07, 6.45) is 3.05. The summed E-state index contributed by atoms with van der Waals surface area (Å²) in [5, 5.41) is 22.1. The van der Waals surface area contributed by atoms with Crippen molar-refractivity contribution >= 4 is 40.4 Å². The summed E-state index contributed by atoms with van der Waals surface area (Å²) in [6, 6.07) is 18.9. The zero-order valence-electron chi connectivity index (χ0n) is 18.7. The molecule has 4 aromatic rings. The number of benzene rings is 3. The number of hydrogen-bond donors (Lipinski definition) is 1. The van der Waals surface area contributed by atoms with E-state index in [1.165, 1.54) is 41.2 Å². The van der Waals surface area contributed by atoms with E-state index in [9.17, 15) is 20.0 Å². The molecule has 1 N–H and O–H groups in total. The first-order chi connectivity index (χ1) is 17.4. The molecule has 0 fully saturated rings. The number of aryl methyl sites for hydroxylation is 1. The number of non-ortho nitro benzene ring substituents is 1. The van der Waals surface area contributed by atoms with Gasteiger partial charge in [0.1, 0.15) is 5.75 Å². The molecule has 0 radical (unpaired) electrons. The van der Waals surface area contributed by atoms with Crippen LogP contribution >= 0.6 is 22.9 Å². The highest BCUT2D eigenvalue weighted by Gasteiger charge is 2.33. The standard InChI is InChI=1S/C27H18ClN3O4S/c28-21-8-4-3-7-19(21)25-20-11-9-15-5-1-2-6-18(15)24(20)29-27-30(25)26(33)23(36-27)14-16-13-17(31(34)35)10-12-22(16)32/h1-8,10,12-14,25,32H,9,11H2/b23-14-. The predicted molar refractivity (Wildman–Crippen MR) is 139 cm³/mol. The van der Waals surface area contributed by atoms with Crippen LogP contribution in [0.15, 0.2) is 82.1 Å². The highest BCUT2D eigenvalue weighted by atomic mass is 35.5. The molecule has 1 aromatic heterocycles. The lowest BCUT2D eigenvalue weighted by molar-refractivity contribution is -0.384. The number of nitro groups is 1. The van der Waals surface area contributed by atoms with E-state index in [0.717, 1.165) is 35.2 Å². The van der Waals surface area contributed by atoms with Crippen molar-refractivity contribution in [3.05, 3.63) is 129 Å². The largest absolute Gasteiger partial charge is 0.507 e. The van der Waals surface area contributed by atoms with Crippen LogP contribution in [0.2, 0.25) is 5.02 Å². The Hall–Kier alpha value is -4.01. The quantitative estimate of drug-likeness (QED) is 0.319. The summed E-state index contributed by atoms with van der Waals surface area (Å²) < 4.78 is 1.97. The van der Waals surface area contributed by atoms with Crippen molar-refractivity contribution in [1.82, 2.24) is 4.57 Å². The van der Waals surface area contributed by atoms with Gasteiger partial charge in [0.15, 0.2) is 4.80 Å². The topological polar surface area (TPSA) is 97.7 Å². The Morgan fingerprint density at radius 2 is 1.89 bits per heavy atom. The van der Waals surface area contributed by atoms with Crippen LogP contribution in [-0.2, 0) is 6.42 Å². The van der Waals surface area contributed by atoms with Gasteiger partial charge in [-0.15, -0.1) is 0 Å². The SMILES string of the molecule is O=c1/c(=C/c2cc([N+](=O)[O-])ccc2O)sc2n1C(c1ccccc1Cl)C1=C(N=2)c2ccccc2CC1. The zero-order valence-corrected chi connectivity index (χ0v) is 20.3. The number of hydrogen-bond acceptors (Lipinski definition) is 6. The Kier molecular flexibility index (Phi) is 5.35. The third-order valence-corrected chi connectivity index (χ3v) is 7.91. The second-order valence-electron chi connectivity index (χ2n) is 8.64. The molecule has 3 aromatic carbocycles. The maximum atomic E-state index is 13.8. The van der Waals surface area contributed by atoms with E-state index in [2.05, 4.69) is 6.07 Å². The van der Waals surface area contributed by atoms with Crippen molar-refractivity contribution in [2.75, 3.05) is 0 Å². The monoisotopic (exact) mass is 515 g/mol. The molecule has 0 spiro atoms. The lowest BCUT2D eigenvalue weighted by Gasteiger charge is -2.31. The molecule has 1 unspecified atom stereocenters. The molecule has 0 saturated heterocycles. The summed E-state index contributed by atoms with van der Waals surface area (Å²) in [6.45, 7) is 0. The lowest BCUT2D eigenvalue weighted by atomic mass is 9.83. The lowest BCUT2D eigenvalue weighted by Crippen LogP contribution is -2.38. The fraction of sp³-hybridized carbons (Fsp3) is 0.111. The number of fused-ring (bicyclic) bond motifs is 3. The Morgan fingerprint density at radius 1 is 1.11 bits per heavy atom. The van der Waals surface area contributed by atoms with Crippen LogP contribution in [0.3, 0.4) is 0 Å². The van der Waals surface area contributed by atoms with E-state index >= 15 is 0 Å². The van der Waals surface area contributed by atoms with Crippen molar-refractivity contribution in [2.45, 2.75) is 18.9 Å². The summed E-state index contributed by atoms with van der Waals surface area (Å²) in [5.41, 5.74) is 4.67. The fourth-order valence-corrected chi connectivity index (χ4v) is 6.14. The number of aromatic nitrogens is 1. The molecule has 0 bridgehead atoms. The van der Waals surface area contributed by atoms with Crippen LogP contribution in [0.4, 0.5) is 5.69 Å². The van der Waals surface area contributed by atoms with Crippen molar-refractivity contribution in [3.63, 3.8) is 0 Å². The molecule has 1 aliphatic heterocycles. The predicted octanol–water partition coefficient (Wildman–Crippen LogP) is 4.59. The van der Waals surface area contributed by atoms with Crippen LogP contribution in [0.25, 0.3) is 11.8 Å². The van der Waals surface area contributed by atoms with E-state index in [0.29, 0.717) is 14.4 Å². The number of phenols is 1. The number of nitrogens with zero attached hydrogens (tertiary/aromatic N) is 3. The molecule has 2 aliphatic rings. The smallest absolute Gasteiger partial charge is 0.271 e. The van der Waals surface area contributed by atoms with Crippen LogP contribution in [0, 0.1) is 10.1 Å². The maximum absolute atomic E-state index is 13.8. The number of phenolic OH excluding ortho intramolecular Hbond substituents is 1. The van der Waals surface area contributed by atoms with Crippen LogP contribution in [0.1, 0.15) is 34.7 Å².